The summed E-state index contributed by atoms with van der Waals surface area (Å²) in [5.74, 6) is -0.769. The summed E-state index contributed by atoms with van der Waals surface area (Å²) in [6, 6.07) is 15.9. The molecule has 0 unspecified atom stereocenters. The number of amides is 2. The van der Waals surface area contributed by atoms with Gasteiger partial charge in [0.25, 0.3) is 5.91 Å². The maximum Gasteiger partial charge on any atom is 0.411 e. The summed E-state index contributed by atoms with van der Waals surface area (Å²) in [6.45, 7) is 0.853. The van der Waals surface area contributed by atoms with E-state index in [1.165, 1.54) is 24.1 Å². The number of ether oxygens (including phenoxy) is 1. The zero-order valence-electron chi connectivity index (χ0n) is 19.2. The number of anilines is 3. The average molecular weight is 467 g/mol. The van der Waals surface area contributed by atoms with Crippen LogP contribution in [0.5, 0.6) is 5.75 Å². The second-order valence-electron chi connectivity index (χ2n) is 7.89. The van der Waals surface area contributed by atoms with Crippen LogP contribution in [-0.2, 0) is 0 Å². The molecule has 178 valence electrons. The monoisotopic (exact) mass is 466 g/mol. The number of carbonyl (C=O) groups is 2. The van der Waals surface area contributed by atoms with Crippen LogP contribution in [0.3, 0.4) is 0 Å². The van der Waals surface area contributed by atoms with Crippen LogP contribution in [0.15, 0.2) is 60.7 Å². The van der Waals surface area contributed by atoms with Crippen LogP contribution in [0, 0.1) is 5.82 Å². The van der Waals surface area contributed by atoms with Crippen molar-refractivity contribution >= 4 is 29.1 Å². The molecular formula is C25H27FN4O4. The van der Waals surface area contributed by atoms with E-state index in [-0.39, 0.29) is 5.75 Å². The van der Waals surface area contributed by atoms with E-state index in [4.69, 9.17) is 10.5 Å². The van der Waals surface area contributed by atoms with Crippen LogP contribution in [0.1, 0.15) is 10.4 Å². The Kier molecular flexibility index (Phi) is 7.70. The number of nitrogen functional groups attached to an aromatic ring is 1. The van der Waals surface area contributed by atoms with Gasteiger partial charge in [-0.2, -0.15) is 0 Å². The van der Waals surface area contributed by atoms with Gasteiger partial charge in [0, 0.05) is 24.3 Å². The molecule has 9 heteroatoms. The summed E-state index contributed by atoms with van der Waals surface area (Å²) < 4.78 is 19.1. The molecule has 0 radical (unpaired) electrons. The molecule has 0 spiro atoms. The van der Waals surface area contributed by atoms with E-state index >= 15 is 0 Å². The lowest BCUT2D eigenvalue weighted by Gasteiger charge is -2.21. The van der Waals surface area contributed by atoms with E-state index in [9.17, 15) is 19.1 Å². The van der Waals surface area contributed by atoms with E-state index in [0.29, 0.717) is 46.8 Å². The minimum Gasteiger partial charge on any atom is -0.494 e. The molecule has 0 aromatic heterocycles. The first-order valence-electron chi connectivity index (χ1n) is 10.5. The van der Waals surface area contributed by atoms with Crippen molar-refractivity contribution in [3.63, 3.8) is 0 Å². The summed E-state index contributed by atoms with van der Waals surface area (Å²) in [7, 11) is 5.11. The third-order valence-electron chi connectivity index (χ3n) is 5.23. The lowest BCUT2D eigenvalue weighted by molar-refractivity contribution is 0.102. The van der Waals surface area contributed by atoms with Crippen molar-refractivity contribution in [3.05, 3.63) is 72.0 Å². The van der Waals surface area contributed by atoms with Crippen molar-refractivity contribution in [1.29, 1.82) is 0 Å². The molecule has 0 saturated heterocycles. The predicted molar refractivity (Wildman–Crippen MR) is 131 cm³/mol. The van der Waals surface area contributed by atoms with E-state index in [1.54, 1.807) is 48.5 Å². The third-order valence-corrected chi connectivity index (χ3v) is 5.23. The van der Waals surface area contributed by atoms with Crippen molar-refractivity contribution < 1.29 is 23.8 Å². The third kappa shape index (κ3) is 5.81. The number of likely N-dealkylation sites (N-methyl/N-ethyl adjacent to an activating group) is 1. The SMILES string of the molecule is COc1ccc(-c2ccc(N)c(NC(=O)c3ccc(N(CCN(C)C)C(=O)O)cc3)c2)cc1F. The van der Waals surface area contributed by atoms with E-state index in [0.717, 1.165) is 0 Å². The Bertz CT molecular complexity index is 1180. The Morgan fingerprint density at radius 3 is 2.24 bits per heavy atom. The standard InChI is InChI=1S/C25H27FN4O4/c1-29(2)12-13-30(25(32)33)19-8-4-16(5-9-19)24(31)28-22-15-18(6-10-21(22)27)17-7-11-23(34-3)20(26)14-17/h4-11,14-15H,12-13,27H2,1-3H3,(H,28,31)(H,32,33). The highest BCUT2D eigenvalue weighted by Crippen LogP contribution is 2.30. The van der Waals surface area contributed by atoms with Crippen molar-refractivity contribution in [2.45, 2.75) is 0 Å². The number of carboxylic acid groups (broad SMARTS) is 1. The van der Waals surface area contributed by atoms with E-state index in [1.807, 2.05) is 19.0 Å². The van der Waals surface area contributed by atoms with Gasteiger partial charge in [0.1, 0.15) is 0 Å². The van der Waals surface area contributed by atoms with E-state index < -0.39 is 17.8 Å². The first-order chi connectivity index (χ1) is 16.2. The molecule has 0 aliphatic rings. The van der Waals surface area contributed by atoms with Gasteiger partial charge in [-0.25, -0.2) is 9.18 Å². The summed E-state index contributed by atoms with van der Waals surface area (Å²) in [5.41, 5.74) is 8.84. The number of methoxy groups -OCH3 is 1. The molecule has 0 aliphatic heterocycles. The molecule has 3 rings (SSSR count). The Morgan fingerprint density at radius 2 is 1.65 bits per heavy atom. The molecule has 4 N–H and O–H groups in total. The van der Waals surface area contributed by atoms with Gasteiger partial charge in [-0.05, 0) is 73.8 Å². The lowest BCUT2D eigenvalue weighted by Crippen LogP contribution is -2.35. The molecule has 2 amide bonds. The first kappa shape index (κ1) is 24.5. The van der Waals surface area contributed by atoms with Crippen LogP contribution in [0.2, 0.25) is 0 Å². The summed E-state index contributed by atoms with van der Waals surface area (Å²) in [4.78, 5) is 27.5. The van der Waals surface area contributed by atoms with Crippen LogP contribution in [-0.4, -0.2) is 56.3 Å². The Hall–Kier alpha value is -4.11. The summed E-state index contributed by atoms with van der Waals surface area (Å²) in [6.07, 6.45) is -1.07. The first-order valence-corrected chi connectivity index (χ1v) is 10.5. The second-order valence-corrected chi connectivity index (χ2v) is 7.89. The molecular weight excluding hydrogens is 439 g/mol. The largest absolute Gasteiger partial charge is 0.494 e. The van der Waals surface area contributed by atoms with Gasteiger partial charge in [-0.15, -0.1) is 0 Å². The molecule has 0 heterocycles. The molecule has 8 nitrogen and oxygen atoms in total. The van der Waals surface area contributed by atoms with Crippen molar-refractivity contribution in [3.8, 4) is 16.9 Å². The average Bonchev–Trinajstić information content (AvgIpc) is 2.80. The normalized spacial score (nSPS) is 10.7. The van der Waals surface area contributed by atoms with Crippen molar-refractivity contribution in [1.82, 2.24) is 4.90 Å². The van der Waals surface area contributed by atoms with Gasteiger partial charge in [0.2, 0.25) is 0 Å². The Balaban J connectivity index is 1.78. The summed E-state index contributed by atoms with van der Waals surface area (Å²) >= 11 is 0. The number of rotatable bonds is 8. The minimum absolute atomic E-state index is 0.138. The van der Waals surface area contributed by atoms with Gasteiger partial charge < -0.3 is 25.8 Å². The number of benzene rings is 3. The highest BCUT2D eigenvalue weighted by molar-refractivity contribution is 6.06. The van der Waals surface area contributed by atoms with Gasteiger partial charge in [-0.1, -0.05) is 12.1 Å². The van der Waals surface area contributed by atoms with Gasteiger partial charge in [0.05, 0.1) is 18.5 Å². The van der Waals surface area contributed by atoms with E-state index in [2.05, 4.69) is 5.32 Å². The quantitative estimate of drug-likeness (QED) is 0.425. The van der Waals surface area contributed by atoms with Crippen molar-refractivity contribution in [2.75, 3.05) is 50.2 Å². The number of nitrogens with one attached hydrogen (secondary N) is 1. The maximum absolute atomic E-state index is 14.1. The predicted octanol–water partition coefficient (Wildman–Crippen LogP) is 4.38. The zero-order chi connectivity index (χ0) is 24.8. The van der Waals surface area contributed by atoms with Crippen LogP contribution in [0.4, 0.5) is 26.2 Å². The molecule has 0 atom stereocenters. The molecule has 34 heavy (non-hydrogen) atoms. The molecule has 3 aromatic carbocycles. The van der Waals surface area contributed by atoms with Crippen LogP contribution < -0.4 is 20.7 Å². The Labute approximate surface area is 197 Å². The fourth-order valence-electron chi connectivity index (χ4n) is 3.31. The molecule has 3 aromatic rings. The van der Waals surface area contributed by atoms with Gasteiger partial charge in [-0.3, -0.25) is 9.69 Å². The van der Waals surface area contributed by atoms with Crippen LogP contribution in [0.25, 0.3) is 11.1 Å². The number of carbonyl (C=O) groups excluding carboxylic acids is 1. The van der Waals surface area contributed by atoms with Crippen LogP contribution >= 0.6 is 0 Å². The maximum atomic E-state index is 14.1. The number of nitrogens with two attached hydrogens (primary N) is 1. The van der Waals surface area contributed by atoms with Gasteiger partial charge in [0.15, 0.2) is 11.6 Å². The highest BCUT2D eigenvalue weighted by atomic mass is 19.1. The fraction of sp³-hybridized carbons (Fsp3) is 0.200. The fourth-order valence-corrected chi connectivity index (χ4v) is 3.31. The molecule has 0 bridgehead atoms. The van der Waals surface area contributed by atoms with Crippen molar-refractivity contribution in [2.24, 2.45) is 0 Å². The Morgan fingerprint density at radius 1 is 1.00 bits per heavy atom. The number of nitrogens with zero attached hydrogens (tertiary/aromatic N) is 2. The number of hydrogen-bond acceptors (Lipinski definition) is 5. The molecule has 0 aliphatic carbocycles. The second kappa shape index (κ2) is 10.7. The zero-order valence-corrected chi connectivity index (χ0v) is 19.2. The lowest BCUT2D eigenvalue weighted by atomic mass is 10.0. The molecule has 0 saturated carbocycles. The summed E-state index contributed by atoms with van der Waals surface area (Å²) in [5, 5.41) is 12.3. The van der Waals surface area contributed by atoms with Gasteiger partial charge >= 0.3 is 6.09 Å². The molecule has 0 fully saturated rings. The number of halogens is 1. The highest BCUT2D eigenvalue weighted by Gasteiger charge is 2.16. The topological polar surface area (TPSA) is 108 Å². The number of hydrogen-bond donors (Lipinski definition) is 3. The smallest absolute Gasteiger partial charge is 0.411 e. The minimum atomic E-state index is -1.07.